The predicted molar refractivity (Wildman–Crippen MR) is 93.3 cm³/mol. The van der Waals surface area contributed by atoms with E-state index in [9.17, 15) is 29.0 Å². The van der Waals surface area contributed by atoms with Crippen LogP contribution in [0.3, 0.4) is 0 Å². The molecule has 0 bridgehead atoms. The van der Waals surface area contributed by atoms with Crippen molar-refractivity contribution in [2.75, 3.05) is 19.5 Å². The number of ether oxygens (including phenoxy) is 2. The summed E-state index contributed by atoms with van der Waals surface area (Å²) in [5.74, 6) is -2.51. The number of aliphatic hydroxyl groups is 2. The summed E-state index contributed by atoms with van der Waals surface area (Å²) < 4.78 is 42.0. The molecule has 168 valence electrons. The minimum atomic E-state index is -5.36. The lowest BCUT2D eigenvalue weighted by molar-refractivity contribution is -0.301. The number of imidazole rings is 1. The van der Waals surface area contributed by atoms with Gasteiger partial charge in [-0.25, -0.2) is 14.1 Å². The number of phosphoric acid groups is 2. The van der Waals surface area contributed by atoms with Gasteiger partial charge in [0.2, 0.25) is 5.95 Å². The molecule has 8 N–H and O–H groups in total. The van der Waals surface area contributed by atoms with Gasteiger partial charge in [0.15, 0.2) is 17.3 Å². The van der Waals surface area contributed by atoms with Gasteiger partial charge in [-0.15, -0.1) is 0 Å². The summed E-state index contributed by atoms with van der Waals surface area (Å²) in [7, 11) is -9.53. The van der Waals surface area contributed by atoms with Crippen LogP contribution in [0.4, 0.5) is 5.95 Å². The van der Waals surface area contributed by atoms with E-state index < -0.39 is 52.0 Å². The van der Waals surface area contributed by atoms with Crippen LogP contribution in [0.25, 0.3) is 11.2 Å². The first-order valence-corrected chi connectivity index (χ1v) is 10.9. The lowest BCUT2D eigenvalue weighted by atomic mass is 10.1. The zero-order valence-corrected chi connectivity index (χ0v) is 16.7. The molecule has 19 heteroatoms. The number of methoxy groups -OCH3 is 1. The number of aromatic nitrogens is 4. The van der Waals surface area contributed by atoms with Crippen LogP contribution in [-0.2, 0) is 33.3 Å². The van der Waals surface area contributed by atoms with Gasteiger partial charge in [-0.05, 0) is 0 Å². The topological polar surface area (TPSA) is 262 Å². The second kappa shape index (κ2) is 7.74. The number of phosphoric ester groups is 1. The van der Waals surface area contributed by atoms with Crippen LogP contribution in [0.1, 0.15) is 0 Å². The number of hydrogen-bond donors (Lipinski definition) is 7. The average molecular weight is 473 g/mol. The fraction of sp³-hybridized carbons (Fsp3) is 0.545. The molecule has 1 unspecified atom stereocenters. The molecule has 0 amide bonds. The summed E-state index contributed by atoms with van der Waals surface area (Å²) in [5, 5.41) is 20.8. The standard InChI is InChI=1S/C11H17N5O12P2/c1-25-11(16-3-13-5-8(16)14-10(12)15-9(5)19)7(18)6(17)4(27-11)2-26-30(23,24)28-29(20,21)22/h3-4,6-7,17-18H,2H2,1H3,(H,23,24)(H2,20,21,22)(H3,12,14,15,19)/t4-,6-,7-,11-/m1/s1. The molecule has 3 rings (SSSR count). The highest BCUT2D eigenvalue weighted by Gasteiger charge is 2.58. The molecule has 17 nitrogen and oxygen atoms in total. The predicted octanol–water partition coefficient (Wildman–Crippen LogP) is -2.69. The lowest BCUT2D eigenvalue weighted by Crippen LogP contribution is -2.47. The summed E-state index contributed by atoms with van der Waals surface area (Å²) >= 11 is 0. The van der Waals surface area contributed by atoms with E-state index in [1.807, 2.05) is 0 Å². The van der Waals surface area contributed by atoms with Crippen molar-refractivity contribution in [3.63, 3.8) is 0 Å². The summed E-state index contributed by atoms with van der Waals surface area (Å²) in [4.78, 5) is 48.5. The first-order chi connectivity index (χ1) is 13.8. The Morgan fingerprint density at radius 2 is 2.03 bits per heavy atom. The monoisotopic (exact) mass is 473 g/mol. The maximum Gasteiger partial charge on any atom is 0.481 e. The summed E-state index contributed by atoms with van der Waals surface area (Å²) in [6.45, 7) is -0.958. The zero-order chi connectivity index (χ0) is 22.5. The summed E-state index contributed by atoms with van der Waals surface area (Å²) in [6.07, 6.45) is -4.20. The molecular formula is C11H17N5O12P2. The smallest absolute Gasteiger partial charge is 0.387 e. The van der Waals surface area contributed by atoms with Crippen molar-refractivity contribution in [1.82, 2.24) is 19.5 Å². The molecule has 0 aromatic carbocycles. The van der Waals surface area contributed by atoms with Crippen LogP contribution in [0.5, 0.6) is 0 Å². The number of rotatable bonds is 7. The number of hydrogen-bond acceptors (Lipinski definition) is 12. The fourth-order valence-corrected chi connectivity index (χ4v) is 4.45. The van der Waals surface area contributed by atoms with Crippen molar-refractivity contribution in [1.29, 1.82) is 0 Å². The largest absolute Gasteiger partial charge is 0.481 e. The number of nitrogens with two attached hydrogens (primary N) is 1. The maximum atomic E-state index is 12.0. The van der Waals surface area contributed by atoms with Gasteiger partial charge in [-0.1, -0.05) is 0 Å². The first-order valence-electron chi connectivity index (χ1n) is 7.86. The van der Waals surface area contributed by atoms with Crippen LogP contribution in [0.15, 0.2) is 11.1 Å². The first kappa shape index (κ1) is 22.9. The van der Waals surface area contributed by atoms with Gasteiger partial charge >= 0.3 is 15.6 Å². The van der Waals surface area contributed by atoms with E-state index in [0.717, 1.165) is 18.0 Å². The van der Waals surface area contributed by atoms with E-state index in [-0.39, 0.29) is 17.1 Å². The minimum Gasteiger partial charge on any atom is -0.387 e. The third-order valence-electron chi connectivity index (χ3n) is 4.06. The van der Waals surface area contributed by atoms with Gasteiger partial charge in [-0.2, -0.15) is 9.29 Å². The van der Waals surface area contributed by atoms with Crippen LogP contribution in [-0.4, -0.2) is 76.4 Å². The van der Waals surface area contributed by atoms with E-state index >= 15 is 0 Å². The van der Waals surface area contributed by atoms with E-state index in [4.69, 9.17) is 25.0 Å². The van der Waals surface area contributed by atoms with E-state index in [0.29, 0.717) is 0 Å². The Hall–Kier alpha value is -1.75. The molecule has 0 aliphatic carbocycles. The molecule has 1 aliphatic rings. The second-order valence-electron chi connectivity index (χ2n) is 6.00. The highest BCUT2D eigenvalue weighted by atomic mass is 31.3. The van der Waals surface area contributed by atoms with Gasteiger partial charge < -0.3 is 40.1 Å². The highest BCUT2D eigenvalue weighted by Crippen LogP contribution is 2.57. The number of aliphatic hydroxyl groups excluding tert-OH is 2. The third kappa shape index (κ3) is 4.18. The molecule has 0 saturated carbocycles. The number of fused-ring (bicyclic) bond motifs is 1. The van der Waals surface area contributed by atoms with Gasteiger partial charge in [-0.3, -0.25) is 18.9 Å². The Morgan fingerprint density at radius 3 is 2.63 bits per heavy atom. The Kier molecular flexibility index (Phi) is 5.92. The third-order valence-corrected chi connectivity index (χ3v) is 6.22. The molecule has 3 heterocycles. The zero-order valence-electron chi connectivity index (χ0n) is 14.9. The average Bonchev–Trinajstić information content (AvgIpc) is 3.13. The van der Waals surface area contributed by atoms with Crippen molar-refractivity contribution in [3.8, 4) is 0 Å². The highest BCUT2D eigenvalue weighted by molar-refractivity contribution is 7.60. The van der Waals surface area contributed by atoms with Crippen molar-refractivity contribution in [3.05, 3.63) is 16.7 Å². The van der Waals surface area contributed by atoms with Crippen molar-refractivity contribution >= 4 is 32.8 Å². The van der Waals surface area contributed by atoms with Gasteiger partial charge in [0.1, 0.15) is 18.5 Å². The van der Waals surface area contributed by atoms with Crippen LogP contribution in [0, 0.1) is 0 Å². The maximum absolute atomic E-state index is 12.0. The molecule has 5 atom stereocenters. The van der Waals surface area contributed by atoms with Gasteiger partial charge in [0.05, 0.1) is 6.61 Å². The fourth-order valence-electron chi connectivity index (χ4n) is 2.85. The Balaban J connectivity index is 1.92. The number of anilines is 1. The number of aromatic amines is 1. The molecule has 2 aromatic heterocycles. The van der Waals surface area contributed by atoms with Gasteiger partial charge in [0, 0.05) is 7.11 Å². The number of H-pyrrole nitrogens is 1. The minimum absolute atomic E-state index is 0.177. The van der Waals surface area contributed by atoms with Crippen LogP contribution < -0.4 is 11.3 Å². The quantitative estimate of drug-likeness (QED) is 0.202. The van der Waals surface area contributed by atoms with Crippen molar-refractivity contribution in [2.24, 2.45) is 0 Å². The van der Waals surface area contributed by atoms with Crippen molar-refractivity contribution in [2.45, 2.75) is 24.2 Å². The molecular weight excluding hydrogens is 456 g/mol. The van der Waals surface area contributed by atoms with Gasteiger partial charge in [0.25, 0.3) is 11.5 Å². The SMILES string of the molecule is CO[C@@]1(n2cnc3c(=O)[nH]c(N)nc32)O[C@H](COP(=O)(O)OP(=O)(O)O)[C@@H](O)[C@H]1O. The lowest BCUT2D eigenvalue weighted by Gasteiger charge is -2.31. The molecule has 2 aromatic rings. The van der Waals surface area contributed by atoms with E-state index in [2.05, 4.69) is 23.8 Å². The molecule has 1 fully saturated rings. The van der Waals surface area contributed by atoms with E-state index in [1.54, 1.807) is 0 Å². The van der Waals surface area contributed by atoms with Crippen LogP contribution in [0.2, 0.25) is 0 Å². The number of nitrogen functional groups attached to an aromatic ring is 1. The normalized spacial score (nSPS) is 29.3. The Labute approximate surface area is 165 Å². The molecule has 1 aliphatic heterocycles. The summed E-state index contributed by atoms with van der Waals surface area (Å²) in [6, 6.07) is 0. The Bertz CT molecular complexity index is 1100. The number of nitrogens with zero attached hydrogens (tertiary/aromatic N) is 3. The molecule has 30 heavy (non-hydrogen) atoms. The van der Waals surface area contributed by atoms with E-state index in [1.165, 1.54) is 0 Å². The Morgan fingerprint density at radius 1 is 1.37 bits per heavy atom. The second-order valence-corrected chi connectivity index (χ2v) is 8.83. The number of nitrogens with one attached hydrogen (secondary N) is 1. The molecule has 0 radical (unpaired) electrons. The molecule has 1 saturated heterocycles. The molecule has 0 spiro atoms. The summed E-state index contributed by atoms with van der Waals surface area (Å²) in [5.41, 5.74) is 4.44. The van der Waals surface area contributed by atoms with Crippen LogP contribution >= 0.6 is 15.6 Å². The van der Waals surface area contributed by atoms with Crippen molar-refractivity contribution < 1.29 is 52.3 Å².